The van der Waals surface area contributed by atoms with Crippen molar-refractivity contribution in [1.29, 1.82) is 0 Å². The van der Waals surface area contributed by atoms with Gasteiger partial charge in [0, 0.05) is 5.39 Å². The van der Waals surface area contributed by atoms with Crippen LogP contribution in [-0.4, -0.2) is 20.9 Å². The highest BCUT2D eigenvalue weighted by molar-refractivity contribution is 6.02. The second kappa shape index (κ2) is 4.24. The Labute approximate surface area is 109 Å². The molecular formula is C15H12N2O2. The molecule has 2 aromatic carbocycles. The molecule has 0 fully saturated rings. The molecule has 0 bridgehead atoms. The van der Waals surface area contributed by atoms with Crippen molar-refractivity contribution in [2.24, 2.45) is 0 Å². The average molecular weight is 252 g/mol. The number of aromatic carboxylic acids is 1. The van der Waals surface area contributed by atoms with Gasteiger partial charge >= 0.3 is 5.97 Å². The normalized spacial score (nSPS) is 10.8. The van der Waals surface area contributed by atoms with Crippen molar-refractivity contribution in [1.82, 2.24) is 9.78 Å². The molecule has 4 heteroatoms. The summed E-state index contributed by atoms with van der Waals surface area (Å²) in [6, 6.07) is 13.1. The summed E-state index contributed by atoms with van der Waals surface area (Å²) in [5.41, 5.74) is 3.16. The lowest BCUT2D eigenvalue weighted by molar-refractivity contribution is 0.0699. The number of hydrogen-bond acceptors (Lipinski definition) is 2. The van der Waals surface area contributed by atoms with Gasteiger partial charge < -0.3 is 5.11 Å². The van der Waals surface area contributed by atoms with Crippen LogP contribution in [0, 0.1) is 6.92 Å². The number of aromatic nitrogens is 2. The van der Waals surface area contributed by atoms with Gasteiger partial charge in [0.15, 0.2) is 0 Å². The zero-order valence-corrected chi connectivity index (χ0v) is 10.4. The third-order valence-corrected chi connectivity index (χ3v) is 3.12. The van der Waals surface area contributed by atoms with Crippen molar-refractivity contribution in [3.05, 3.63) is 59.8 Å². The summed E-state index contributed by atoms with van der Waals surface area (Å²) in [7, 11) is 0. The van der Waals surface area contributed by atoms with E-state index < -0.39 is 5.97 Å². The van der Waals surface area contributed by atoms with Crippen LogP contribution in [-0.2, 0) is 0 Å². The number of aryl methyl sites for hydroxylation is 1. The minimum absolute atomic E-state index is 0.274. The summed E-state index contributed by atoms with van der Waals surface area (Å²) in [4.78, 5) is 11.2. The maximum atomic E-state index is 11.2. The first kappa shape index (κ1) is 11.5. The molecule has 4 nitrogen and oxygen atoms in total. The van der Waals surface area contributed by atoms with Crippen LogP contribution in [0.2, 0.25) is 0 Å². The lowest BCUT2D eigenvalue weighted by atomic mass is 10.1. The number of rotatable bonds is 2. The molecule has 0 aliphatic rings. The second-order valence-electron chi connectivity index (χ2n) is 4.44. The second-order valence-corrected chi connectivity index (χ2v) is 4.44. The van der Waals surface area contributed by atoms with E-state index in [2.05, 4.69) is 5.10 Å². The quantitative estimate of drug-likeness (QED) is 0.762. The van der Waals surface area contributed by atoms with Crippen LogP contribution in [0.1, 0.15) is 15.9 Å². The minimum Gasteiger partial charge on any atom is -0.478 e. The standard InChI is InChI=1S/C15H12N2O2/c1-10-5-7-11(8-6-10)17-14-4-2-3-12(15(18)19)13(14)9-16-17/h2-9H,1H3,(H,18,19). The Balaban J connectivity index is 2.24. The first-order chi connectivity index (χ1) is 9.16. The molecule has 3 rings (SSSR count). The first-order valence-corrected chi connectivity index (χ1v) is 5.94. The van der Waals surface area contributed by atoms with Gasteiger partial charge in [0.2, 0.25) is 0 Å². The molecule has 0 saturated heterocycles. The summed E-state index contributed by atoms with van der Waals surface area (Å²) < 4.78 is 1.75. The molecule has 0 aliphatic carbocycles. The van der Waals surface area contributed by atoms with E-state index in [1.165, 1.54) is 5.56 Å². The smallest absolute Gasteiger partial charge is 0.336 e. The fourth-order valence-corrected chi connectivity index (χ4v) is 2.13. The van der Waals surface area contributed by atoms with E-state index in [-0.39, 0.29) is 5.56 Å². The summed E-state index contributed by atoms with van der Waals surface area (Å²) in [6.07, 6.45) is 1.60. The highest BCUT2D eigenvalue weighted by Crippen LogP contribution is 2.21. The molecule has 3 aromatic rings. The molecule has 1 heterocycles. The highest BCUT2D eigenvalue weighted by Gasteiger charge is 2.12. The van der Waals surface area contributed by atoms with Crippen LogP contribution in [0.3, 0.4) is 0 Å². The number of benzene rings is 2. The van der Waals surface area contributed by atoms with Gasteiger partial charge in [-0.05, 0) is 31.2 Å². The van der Waals surface area contributed by atoms with Crippen LogP contribution < -0.4 is 0 Å². The van der Waals surface area contributed by atoms with Crippen LogP contribution in [0.15, 0.2) is 48.7 Å². The largest absolute Gasteiger partial charge is 0.478 e. The Bertz CT molecular complexity index is 757. The van der Waals surface area contributed by atoms with Crippen molar-refractivity contribution in [3.63, 3.8) is 0 Å². The number of nitrogens with zero attached hydrogens (tertiary/aromatic N) is 2. The van der Waals surface area contributed by atoms with Crippen molar-refractivity contribution in [2.75, 3.05) is 0 Å². The number of carboxylic acid groups (broad SMARTS) is 1. The van der Waals surface area contributed by atoms with Gasteiger partial charge in [-0.25, -0.2) is 9.48 Å². The Morgan fingerprint density at radius 2 is 1.89 bits per heavy atom. The van der Waals surface area contributed by atoms with Crippen LogP contribution >= 0.6 is 0 Å². The molecule has 1 aromatic heterocycles. The molecule has 0 aliphatic heterocycles. The molecule has 0 unspecified atom stereocenters. The van der Waals surface area contributed by atoms with Crippen molar-refractivity contribution in [2.45, 2.75) is 6.92 Å². The molecule has 0 atom stereocenters. The molecular weight excluding hydrogens is 240 g/mol. The first-order valence-electron chi connectivity index (χ1n) is 5.94. The van der Waals surface area contributed by atoms with E-state index in [9.17, 15) is 4.79 Å². The van der Waals surface area contributed by atoms with E-state index in [0.29, 0.717) is 5.39 Å². The molecule has 19 heavy (non-hydrogen) atoms. The summed E-state index contributed by atoms with van der Waals surface area (Å²) >= 11 is 0. The fraction of sp³-hybridized carbons (Fsp3) is 0.0667. The molecule has 94 valence electrons. The molecule has 0 radical (unpaired) electrons. The Kier molecular flexibility index (Phi) is 2.56. The van der Waals surface area contributed by atoms with E-state index in [4.69, 9.17) is 5.11 Å². The van der Waals surface area contributed by atoms with Gasteiger partial charge in [0.1, 0.15) is 0 Å². The van der Waals surface area contributed by atoms with Crippen molar-refractivity contribution < 1.29 is 9.90 Å². The van der Waals surface area contributed by atoms with Gasteiger partial charge in [-0.3, -0.25) is 0 Å². The monoisotopic (exact) mass is 252 g/mol. The number of carboxylic acids is 1. The summed E-state index contributed by atoms with van der Waals surface area (Å²) in [5.74, 6) is -0.936. The van der Waals surface area contributed by atoms with Gasteiger partial charge in [0.05, 0.1) is 23.0 Å². The fourth-order valence-electron chi connectivity index (χ4n) is 2.13. The van der Waals surface area contributed by atoms with Crippen LogP contribution in [0.5, 0.6) is 0 Å². The Morgan fingerprint density at radius 3 is 2.58 bits per heavy atom. The molecule has 0 amide bonds. The molecule has 0 saturated carbocycles. The van der Waals surface area contributed by atoms with E-state index in [0.717, 1.165) is 11.2 Å². The zero-order valence-electron chi connectivity index (χ0n) is 10.4. The Hall–Kier alpha value is -2.62. The van der Waals surface area contributed by atoms with Gasteiger partial charge in [-0.15, -0.1) is 0 Å². The highest BCUT2D eigenvalue weighted by atomic mass is 16.4. The average Bonchev–Trinajstić information content (AvgIpc) is 2.83. The summed E-state index contributed by atoms with van der Waals surface area (Å²) in [5, 5.41) is 14.1. The topological polar surface area (TPSA) is 55.1 Å². The third-order valence-electron chi connectivity index (χ3n) is 3.12. The zero-order chi connectivity index (χ0) is 13.4. The lowest BCUT2D eigenvalue weighted by Gasteiger charge is -2.04. The Morgan fingerprint density at radius 1 is 1.16 bits per heavy atom. The van der Waals surface area contributed by atoms with E-state index >= 15 is 0 Å². The lowest BCUT2D eigenvalue weighted by Crippen LogP contribution is -1.98. The summed E-state index contributed by atoms with van der Waals surface area (Å²) in [6.45, 7) is 2.02. The predicted octanol–water partition coefficient (Wildman–Crippen LogP) is 3.03. The van der Waals surface area contributed by atoms with Gasteiger partial charge in [-0.2, -0.15) is 5.10 Å². The third kappa shape index (κ3) is 1.87. The van der Waals surface area contributed by atoms with Crippen LogP contribution in [0.4, 0.5) is 0 Å². The van der Waals surface area contributed by atoms with Crippen LogP contribution in [0.25, 0.3) is 16.6 Å². The number of fused-ring (bicyclic) bond motifs is 1. The molecule has 1 N–H and O–H groups in total. The van der Waals surface area contributed by atoms with Gasteiger partial charge in [0.25, 0.3) is 0 Å². The van der Waals surface area contributed by atoms with Crippen molar-refractivity contribution in [3.8, 4) is 5.69 Å². The SMILES string of the molecule is Cc1ccc(-n2ncc3c(C(=O)O)cccc32)cc1. The maximum absolute atomic E-state index is 11.2. The predicted molar refractivity (Wildman–Crippen MR) is 72.8 cm³/mol. The molecule has 0 spiro atoms. The van der Waals surface area contributed by atoms with Gasteiger partial charge in [-0.1, -0.05) is 23.8 Å². The minimum atomic E-state index is -0.936. The maximum Gasteiger partial charge on any atom is 0.336 e. The number of carbonyl (C=O) groups is 1. The number of hydrogen-bond donors (Lipinski definition) is 1. The van der Waals surface area contributed by atoms with Crippen molar-refractivity contribution >= 4 is 16.9 Å². The van der Waals surface area contributed by atoms with E-state index in [1.807, 2.05) is 37.3 Å². The van der Waals surface area contributed by atoms with E-state index in [1.54, 1.807) is 23.0 Å².